The van der Waals surface area contributed by atoms with E-state index in [2.05, 4.69) is 21.7 Å². The number of amides is 1. The van der Waals surface area contributed by atoms with Gasteiger partial charge in [0.15, 0.2) is 0 Å². The van der Waals surface area contributed by atoms with Gasteiger partial charge >= 0.3 is 6.09 Å². The van der Waals surface area contributed by atoms with Gasteiger partial charge in [0.05, 0.1) is 30.4 Å². The summed E-state index contributed by atoms with van der Waals surface area (Å²) in [5, 5.41) is 0. The van der Waals surface area contributed by atoms with E-state index >= 15 is 0 Å². The SMILES string of the molecule is CC(C)OC(=O)N1CCCC1c1ccccc1-c1cncn1CCc1ccc(F)cc1. The van der Waals surface area contributed by atoms with E-state index in [9.17, 15) is 9.18 Å². The third-order valence-electron chi connectivity index (χ3n) is 5.69. The maximum Gasteiger partial charge on any atom is 0.410 e. The van der Waals surface area contributed by atoms with Crippen molar-refractivity contribution in [3.05, 3.63) is 78.0 Å². The molecule has 0 bridgehead atoms. The minimum absolute atomic E-state index is 0.0112. The van der Waals surface area contributed by atoms with Crippen LogP contribution < -0.4 is 0 Å². The molecule has 1 aliphatic rings. The second-order valence-electron chi connectivity index (χ2n) is 8.22. The summed E-state index contributed by atoms with van der Waals surface area (Å²) in [7, 11) is 0. The van der Waals surface area contributed by atoms with Gasteiger partial charge in [-0.1, -0.05) is 36.4 Å². The first-order valence-electron chi connectivity index (χ1n) is 10.8. The normalized spacial score (nSPS) is 16.1. The molecule has 1 aliphatic heterocycles. The molecule has 0 N–H and O–H groups in total. The van der Waals surface area contributed by atoms with Gasteiger partial charge in [0.2, 0.25) is 0 Å². The topological polar surface area (TPSA) is 47.4 Å². The number of halogens is 1. The summed E-state index contributed by atoms with van der Waals surface area (Å²) in [5.41, 5.74) is 4.28. The maximum absolute atomic E-state index is 13.2. The van der Waals surface area contributed by atoms with E-state index in [4.69, 9.17) is 4.74 Å². The fourth-order valence-electron chi connectivity index (χ4n) is 4.22. The minimum Gasteiger partial charge on any atom is -0.447 e. The Morgan fingerprint density at radius 3 is 2.74 bits per heavy atom. The Hall–Kier alpha value is -3.15. The van der Waals surface area contributed by atoms with E-state index in [1.807, 2.05) is 55.5 Å². The molecule has 1 unspecified atom stereocenters. The van der Waals surface area contributed by atoms with Crippen LogP contribution in [-0.2, 0) is 17.7 Å². The van der Waals surface area contributed by atoms with Crippen LogP contribution in [0.5, 0.6) is 0 Å². The van der Waals surface area contributed by atoms with E-state index in [-0.39, 0.29) is 24.1 Å². The van der Waals surface area contributed by atoms with Crippen molar-refractivity contribution in [2.75, 3.05) is 6.54 Å². The van der Waals surface area contributed by atoms with Gasteiger partial charge in [0.1, 0.15) is 5.82 Å². The van der Waals surface area contributed by atoms with Gasteiger partial charge in [-0.2, -0.15) is 0 Å². The van der Waals surface area contributed by atoms with Crippen molar-refractivity contribution in [1.29, 1.82) is 0 Å². The number of imidazole rings is 1. The molecule has 1 fully saturated rings. The molecule has 31 heavy (non-hydrogen) atoms. The van der Waals surface area contributed by atoms with Crippen LogP contribution in [-0.4, -0.2) is 33.2 Å². The Bertz CT molecular complexity index is 1030. The molecule has 2 heterocycles. The van der Waals surface area contributed by atoms with Crippen LogP contribution in [0.2, 0.25) is 0 Å². The molecule has 0 saturated carbocycles. The van der Waals surface area contributed by atoms with E-state index in [1.165, 1.54) is 12.1 Å². The fourth-order valence-corrected chi connectivity index (χ4v) is 4.22. The van der Waals surface area contributed by atoms with Gasteiger partial charge in [-0.15, -0.1) is 0 Å². The average molecular weight is 422 g/mol. The van der Waals surface area contributed by atoms with Gasteiger partial charge in [-0.05, 0) is 56.4 Å². The second kappa shape index (κ2) is 9.33. The predicted octanol–water partition coefficient (Wildman–Crippen LogP) is 5.61. The van der Waals surface area contributed by atoms with Gasteiger partial charge in [0.25, 0.3) is 0 Å². The van der Waals surface area contributed by atoms with Crippen LogP contribution in [0.15, 0.2) is 61.1 Å². The molecular formula is C25H28FN3O2. The standard InChI is InChI=1S/C25H28FN3O2/c1-18(2)31-25(30)29-14-5-8-23(29)21-6-3-4-7-22(21)24-16-27-17-28(24)15-13-19-9-11-20(26)12-10-19/h3-4,6-7,9-12,16-18,23H,5,8,13-15H2,1-2H3. The molecule has 2 aromatic carbocycles. The van der Waals surface area contributed by atoms with Crippen molar-refractivity contribution in [2.45, 2.75) is 51.8 Å². The summed E-state index contributed by atoms with van der Waals surface area (Å²) in [6.45, 7) is 5.18. The number of nitrogens with zero attached hydrogens (tertiary/aromatic N) is 3. The fraction of sp³-hybridized carbons (Fsp3) is 0.360. The Balaban J connectivity index is 1.59. The largest absolute Gasteiger partial charge is 0.447 e. The zero-order valence-electron chi connectivity index (χ0n) is 18.0. The van der Waals surface area contributed by atoms with Crippen LogP contribution in [0.1, 0.15) is 43.9 Å². The number of rotatable bonds is 6. The Kier molecular flexibility index (Phi) is 6.35. The number of ether oxygens (including phenoxy) is 1. The first-order valence-corrected chi connectivity index (χ1v) is 10.8. The maximum atomic E-state index is 13.2. The third-order valence-corrected chi connectivity index (χ3v) is 5.69. The number of benzene rings is 2. The molecule has 1 amide bonds. The Morgan fingerprint density at radius 2 is 1.97 bits per heavy atom. The van der Waals surface area contributed by atoms with Gasteiger partial charge in [-0.3, -0.25) is 0 Å². The molecular weight excluding hydrogens is 393 g/mol. The van der Waals surface area contributed by atoms with Crippen molar-refractivity contribution in [1.82, 2.24) is 14.5 Å². The first-order chi connectivity index (χ1) is 15.0. The lowest BCUT2D eigenvalue weighted by Crippen LogP contribution is -2.33. The summed E-state index contributed by atoms with van der Waals surface area (Å²) < 4.78 is 20.8. The highest BCUT2D eigenvalue weighted by molar-refractivity contribution is 5.71. The van der Waals surface area contributed by atoms with Gasteiger partial charge in [0, 0.05) is 18.7 Å². The van der Waals surface area contributed by atoms with E-state index in [1.54, 1.807) is 0 Å². The minimum atomic E-state index is -0.253. The van der Waals surface area contributed by atoms with Crippen molar-refractivity contribution in [3.63, 3.8) is 0 Å². The quantitative estimate of drug-likeness (QED) is 0.519. The molecule has 3 aromatic rings. The summed E-state index contributed by atoms with van der Waals surface area (Å²) in [4.78, 5) is 18.9. The average Bonchev–Trinajstić information content (AvgIpc) is 3.42. The van der Waals surface area contributed by atoms with Crippen molar-refractivity contribution >= 4 is 6.09 Å². The number of likely N-dealkylation sites (tertiary alicyclic amines) is 1. The lowest BCUT2D eigenvalue weighted by Gasteiger charge is -2.27. The van der Waals surface area contributed by atoms with Crippen molar-refractivity contribution in [3.8, 4) is 11.3 Å². The summed E-state index contributed by atoms with van der Waals surface area (Å²) in [5.74, 6) is -0.224. The summed E-state index contributed by atoms with van der Waals surface area (Å²) in [6, 6.07) is 14.8. The lowest BCUT2D eigenvalue weighted by molar-refractivity contribution is 0.0732. The lowest BCUT2D eigenvalue weighted by atomic mass is 9.96. The summed E-state index contributed by atoms with van der Waals surface area (Å²) >= 11 is 0. The highest BCUT2D eigenvalue weighted by Crippen LogP contribution is 2.38. The van der Waals surface area contributed by atoms with E-state index in [0.29, 0.717) is 6.54 Å². The second-order valence-corrected chi connectivity index (χ2v) is 8.22. The van der Waals surface area contributed by atoms with Crippen LogP contribution in [0, 0.1) is 5.82 Å². The van der Waals surface area contributed by atoms with Crippen molar-refractivity contribution < 1.29 is 13.9 Å². The number of hydrogen-bond donors (Lipinski definition) is 0. The highest BCUT2D eigenvalue weighted by atomic mass is 19.1. The molecule has 6 heteroatoms. The Morgan fingerprint density at radius 1 is 1.19 bits per heavy atom. The number of aromatic nitrogens is 2. The smallest absolute Gasteiger partial charge is 0.410 e. The molecule has 0 radical (unpaired) electrons. The number of carbonyl (C=O) groups excluding carboxylic acids is 1. The molecule has 4 rings (SSSR count). The molecule has 162 valence electrons. The number of carbonyl (C=O) groups is 1. The van der Waals surface area contributed by atoms with E-state index in [0.717, 1.165) is 48.2 Å². The summed E-state index contributed by atoms with van der Waals surface area (Å²) in [6.07, 6.45) is 5.95. The third kappa shape index (κ3) is 4.79. The molecule has 1 aromatic heterocycles. The number of hydrogen-bond acceptors (Lipinski definition) is 3. The zero-order valence-corrected chi connectivity index (χ0v) is 18.0. The van der Waals surface area contributed by atoms with Gasteiger partial charge < -0.3 is 14.2 Å². The van der Waals surface area contributed by atoms with Crippen LogP contribution >= 0.6 is 0 Å². The van der Waals surface area contributed by atoms with E-state index < -0.39 is 0 Å². The number of aryl methyl sites for hydroxylation is 2. The molecule has 5 nitrogen and oxygen atoms in total. The first kappa shape index (κ1) is 21.1. The van der Waals surface area contributed by atoms with Crippen molar-refractivity contribution in [2.24, 2.45) is 0 Å². The predicted molar refractivity (Wildman–Crippen MR) is 118 cm³/mol. The van der Waals surface area contributed by atoms with Gasteiger partial charge in [-0.25, -0.2) is 14.2 Å². The Labute approximate surface area is 182 Å². The molecule has 0 aliphatic carbocycles. The highest BCUT2D eigenvalue weighted by Gasteiger charge is 2.33. The molecule has 0 spiro atoms. The van der Waals surface area contributed by atoms with Crippen LogP contribution in [0.3, 0.4) is 0 Å². The molecule has 1 atom stereocenters. The van der Waals surface area contributed by atoms with Crippen LogP contribution in [0.4, 0.5) is 9.18 Å². The molecule has 1 saturated heterocycles. The zero-order chi connectivity index (χ0) is 21.8. The monoisotopic (exact) mass is 421 g/mol. The van der Waals surface area contributed by atoms with Crippen LogP contribution in [0.25, 0.3) is 11.3 Å².